The van der Waals surface area contributed by atoms with Gasteiger partial charge >= 0.3 is 5.97 Å². The van der Waals surface area contributed by atoms with Crippen molar-refractivity contribution in [2.45, 2.75) is 53.4 Å². The molecule has 0 heterocycles. The Morgan fingerprint density at radius 2 is 1.79 bits per heavy atom. The van der Waals surface area contributed by atoms with Gasteiger partial charge in [-0.3, -0.25) is 0 Å². The third-order valence-corrected chi connectivity index (χ3v) is 5.39. The van der Waals surface area contributed by atoms with Crippen LogP contribution >= 0.6 is 0 Å². The number of carboxylic acid groups (broad SMARTS) is 1. The second-order valence-corrected chi connectivity index (χ2v) is 9.16. The van der Waals surface area contributed by atoms with Gasteiger partial charge in [0.25, 0.3) is 0 Å². The van der Waals surface area contributed by atoms with Crippen LogP contribution in [0.4, 0.5) is 4.39 Å². The van der Waals surface area contributed by atoms with E-state index in [0.717, 1.165) is 37.3 Å². The molecule has 5 heteroatoms. The molecule has 0 saturated carbocycles. The van der Waals surface area contributed by atoms with E-state index in [4.69, 9.17) is 5.11 Å². The van der Waals surface area contributed by atoms with E-state index in [-0.39, 0.29) is 22.0 Å². The summed E-state index contributed by atoms with van der Waals surface area (Å²) in [5.41, 5.74) is 1.53. The predicted molar refractivity (Wildman–Crippen MR) is 115 cm³/mol. The summed E-state index contributed by atoms with van der Waals surface area (Å²) >= 11 is 0. The van der Waals surface area contributed by atoms with Gasteiger partial charge in [0.05, 0.1) is 5.56 Å². The third kappa shape index (κ3) is 6.70. The normalized spacial score (nSPS) is 22.7. The quantitative estimate of drug-likeness (QED) is 0.346. The molecule has 1 aliphatic carbocycles. The highest BCUT2D eigenvalue weighted by Gasteiger charge is 2.24. The molecule has 1 aromatic rings. The minimum Gasteiger partial charge on any atom is -0.478 e. The van der Waals surface area contributed by atoms with Crippen molar-refractivity contribution in [2.24, 2.45) is 16.0 Å². The summed E-state index contributed by atoms with van der Waals surface area (Å²) in [6.07, 6.45) is 13.1. The molecule has 0 bridgehead atoms. The Morgan fingerprint density at radius 1 is 1.14 bits per heavy atom. The number of hydrogen-bond donors (Lipinski definition) is 2. The summed E-state index contributed by atoms with van der Waals surface area (Å²) < 4.78 is 14.2. The van der Waals surface area contributed by atoms with Crippen molar-refractivity contribution in [3.8, 4) is 0 Å². The second-order valence-electron chi connectivity index (χ2n) is 9.16. The maximum absolute atomic E-state index is 14.2. The Balaban J connectivity index is 2.31. The molecule has 0 fully saturated rings. The fourth-order valence-electron chi connectivity index (χ4n) is 3.18. The predicted octanol–water partition coefficient (Wildman–Crippen LogP) is 6.48. The summed E-state index contributed by atoms with van der Waals surface area (Å²) in [6.45, 7) is 8.97. The molecule has 1 aromatic carbocycles. The number of carbonyl (C=O) groups is 1. The molecule has 2 N–H and O–H groups in total. The van der Waals surface area contributed by atoms with Crippen molar-refractivity contribution in [2.75, 3.05) is 0 Å². The number of hydrogen-bond acceptors (Lipinski definition) is 3. The molecular formula is C24H30FNO3. The van der Waals surface area contributed by atoms with Gasteiger partial charge in [0.1, 0.15) is 11.5 Å². The van der Waals surface area contributed by atoms with Gasteiger partial charge in [-0.1, -0.05) is 57.1 Å². The topological polar surface area (TPSA) is 69.9 Å². The fraction of sp³-hybridized carbons (Fsp3) is 0.417. The summed E-state index contributed by atoms with van der Waals surface area (Å²) in [7, 11) is 0. The fourth-order valence-corrected chi connectivity index (χ4v) is 3.18. The minimum atomic E-state index is -1.18. The zero-order valence-electron chi connectivity index (χ0n) is 17.6. The van der Waals surface area contributed by atoms with Crippen molar-refractivity contribution >= 4 is 17.8 Å². The molecule has 0 radical (unpaired) electrons. The van der Waals surface area contributed by atoms with Crippen LogP contribution in [-0.4, -0.2) is 22.0 Å². The molecule has 1 aliphatic rings. The number of allylic oxidation sites excluding steroid dienone is 5. The highest BCUT2D eigenvalue weighted by atomic mass is 19.1. The molecule has 0 spiro atoms. The van der Waals surface area contributed by atoms with Crippen molar-refractivity contribution in [3.63, 3.8) is 0 Å². The summed E-state index contributed by atoms with van der Waals surface area (Å²) in [5, 5.41) is 21.9. The number of carboxylic acids is 1. The first-order valence-electron chi connectivity index (χ1n) is 9.83. The number of aromatic carboxylic acids is 1. The molecule has 0 unspecified atom stereocenters. The molecule has 0 aliphatic heterocycles. The van der Waals surface area contributed by atoms with Gasteiger partial charge in [0.15, 0.2) is 0 Å². The Bertz CT molecular complexity index is 876. The molecule has 0 amide bonds. The van der Waals surface area contributed by atoms with E-state index in [1.807, 2.05) is 6.08 Å². The van der Waals surface area contributed by atoms with Crippen LogP contribution in [0, 0.1) is 16.6 Å². The van der Waals surface area contributed by atoms with Crippen molar-refractivity contribution in [1.82, 2.24) is 0 Å². The number of nitrogens with zero attached hydrogens (tertiary/aromatic N) is 1. The standard InChI is InChI=1S/C24H30FNO3/c1-23(2)12-5-6-18(11-13-24(3,4)15-14-23)21(26-29)10-9-17-7-8-19(22(27)28)16-20(17)25/h5-11,16,29H,12-15H2,1-4H3,(H,27,28)/b6-5-,10-9+,18-11+,26-21+. The molecule has 0 atom stereocenters. The average Bonchev–Trinajstić information content (AvgIpc) is 2.64. The number of rotatable bonds is 4. The van der Waals surface area contributed by atoms with Gasteiger partial charge in [-0.15, -0.1) is 0 Å². The molecule has 29 heavy (non-hydrogen) atoms. The Labute approximate surface area is 172 Å². The van der Waals surface area contributed by atoms with E-state index in [9.17, 15) is 14.4 Å². The zero-order chi connectivity index (χ0) is 21.7. The molecule has 0 saturated heterocycles. The largest absolute Gasteiger partial charge is 0.478 e. The van der Waals surface area contributed by atoms with E-state index in [2.05, 4.69) is 45.0 Å². The van der Waals surface area contributed by atoms with Crippen LogP contribution in [0.3, 0.4) is 0 Å². The first kappa shape index (κ1) is 22.6. The molecule has 0 aromatic heterocycles. The first-order valence-corrected chi connectivity index (χ1v) is 9.83. The van der Waals surface area contributed by atoms with E-state index < -0.39 is 11.8 Å². The van der Waals surface area contributed by atoms with Crippen LogP contribution in [0.5, 0.6) is 0 Å². The van der Waals surface area contributed by atoms with E-state index in [0.29, 0.717) is 5.71 Å². The SMILES string of the molecule is CC1(C)C\C=C/C(C(/C=C/c2ccc(C(=O)O)cc2F)=N/O)=C\CC(C)(C)CC1. The van der Waals surface area contributed by atoms with E-state index >= 15 is 0 Å². The van der Waals surface area contributed by atoms with Crippen LogP contribution in [0.1, 0.15) is 69.3 Å². The van der Waals surface area contributed by atoms with Gasteiger partial charge in [0.2, 0.25) is 0 Å². The smallest absolute Gasteiger partial charge is 0.335 e. The third-order valence-electron chi connectivity index (χ3n) is 5.39. The van der Waals surface area contributed by atoms with Crippen LogP contribution in [0.25, 0.3) is 6.08 Å². The highest BCUT2D eigenvalue weighted by Crippen LogP contribution is 2.37. The van der Waals surface area contributed by atoms with Crippen molar-refractivity contribution < 1.29 is 19.5 Å². The Morgan fingerprint density at radius 3 is 2.38 bits per heavy atom. The lowest BCUT2D eigenvalue weighted by Gasteiger charge is -2.31. The Hall–Kier alpha value is -2.69. The number of halogens is 1. The Kier molecular flexibility index (Phi) is 7.17. The lowest BCUT2D eigenvalue weighted by molar-refractivity contribution is 0.0696. The summed E-state index contributed by atoms with van der Waals surface area (Å²) in [5.74, 6) is -1.82. The molecular weight excluding hydrogens is 369 g/mol. The van der Waals surface area contributed by atoms with Gasteiger partial charge in [0, 0.05) is 5.56 Å². The summed E-state index contributed by atoms with van der Waals surface area (Å²) in [4.78, 5) is 10.9. The van der Waals surface area contributed by atoms with Crippen LogP contribution in [0.2, 0.25) is 0 Å². The van der Waals surface area contributed by atoms with Crippen LogP contribution in [0.15, 0.2) is 53.2 Å². The maximum atomic E-state index is 14.2. The van der Waals surface area contributed by atoms with Crippen LogP contribution in [-0.2, 0) is 0 Å². The van der Waals surface area contributed by atoms with Crippen molar-refractivity contribution in [3.05, 3.63) is 65.0 Å². The molecule has 156 valence electrons. The van der Waals surface area contributed by atoms with Crippen LogP contribution < -0.4 is 0 Å². The average molecular weight is 400 g/mol. The van der Waals surface area contributed by atoms with Gasteiger partial charge in [-0.25, -0.2) is 9.18 Å². The molecule has 4 nitrogen and oxygen atoms in total. The second kappa shape index (κ2) is 9.21. The van der Waals surface area contributed by atoms with E-state index in [1.165, 1.54) is 18.2 Å². The van der Waals surface area contributed by atoms with Gasteiger partial charge < -0.3 is 10.3 Å². The maximum Gasteiger partial charge on any atom is 0.335 e. The first-order chi connectivity index (χ1) is 13.5. The van der Waals surface area contributed by atoms with Crippen molar-refractivity contribution in [1.29, 1.82) is 0 Å². The monoisotopic (exact) mass is 399 g/mol. The lowest BCUT2D eigenvalue weighted by Crippen LogP contribution is -2.18. The van der Waals surface area contributed by atoms with E-state index in [1.54, 1.807) is 6.08 Å². The number of oxime groups is 1. The lowest BCUT2D eigenvalue weighted by atomic mass is 9.75. The summed E-state index contributed by atoms with van der Waals surface area (Å²) in [6, 6.07) is 3.71. The highest BCUT2D eigenvalue weighted by molar-refractivity contribution is 6.12. The zero-order valence-corrected chi connectivity index (χ0v) is 17.6. The molecule has 2 rings (SSSR count). The number of benzene rings is 1. The van der Waals surface area contributed by atoms with Gasteiger partial charge in [-0.05, 0) is 66.4 Å². The van der Waals surface area contributed by atoms with Gasteiger partial charge in [-0.2, -0.15) is 0 Å². The minimum absolute atomic E-state index is 0.112.